The van der Waals surface area contributed by atoms with Crippen LogP contribution in [0.1, 0.15) is 11.8 Å². The van der Waals surface area contributed by atoms with Crippen LogP contribution in [0.5, 0.6) is 0 Å². The Bertz CT molecular complexity index is 326. The van der Waals surface area contributed by atoms with Gasteiger partial charge in [0.2, 0.25) is 0 Å². The van der Waals surface area contributed by atoms with Crippen molar-refractivity contribution in [3.8, 4) is 0 Å². The van der Waals surface area contributed by atoms with Crippen LogP contribution in [-0.4, -0.2) is 42.5 Å². The first-order valence-electron chi connectivity index (χ1n) is 5.32. The average Bonchev–Trinajstić information content (AvgIpc) is 2.56. The number of hydrogen-bond acceptors (Lipinski definition) is 3. The highest BCUT2D eigenvalue weighted by Crippen LogP contribution is 2.24. The van der Waals surface area contributed by atoms with Gasteiger partial charge in [-0.15, -0.1) is 11.3 Å². The molecule has 1 aliphatic rings. The third kappa shape index (κ3) is 3.03. The molecule has 4 heteroatoms. The van der Waals surface area contributed by atoms with Gasteiger partial charge in [0.15, 0.2) is 0 Å². The third-order valence-electron chi connectivity index (χ3n) is 2.96. The number of nitrogens with zero attached hydrogens (tertiary/aromatic N) is 2. The molecule has 0 aliphatic carbocycles. The minimum Gasteiger partial charge on any atom is -0.304 e. The molecule has 1 aromatic heterocycles. The molecule has 0 bridgehead atoms. The van der Waals surface area contributed by atoms with Crippen LogP contribution in [0.15, 0.2) is 15.9 Å². The third-order valence-corrected chi connectivity index (χ3v) is 4.56. The van der Waals surface area contributed by atoms with Crippen LogP contribution in [0.25, 0.3) is 0 Å². The Kier molecular flexibility index (Phi) is 3.83. The second-order valence-corrected chi connectivity index (χ2v) is 6.84. The zero-order valence-corrected chi connectivity index (χ0v) is 11.6. The standard InChI is InChI=1S/C11H17BrN2S/c1-9-7-13(2)5-6-14(9)8-10-3-4-11(12)15-10/h3-4,9H,5-8H2,1-2H3. The fourth-order valence-electron chi connectivity index (χ4n) is 2.05. The van der Waals surface area contributed by atoms with E-state index < -0.39 is 0 Å². The van der Waals surface area contributed by atoms with E-state index in [-0.39, 0.29) is 0 Å². The summed E-state index contributed by atoms with van der Waals surface area (Å²) < 4.78 is 1.24. The Morgan fingerprint density at radius 3 is 2.87 bits per heavy atom. The second-order valence-electron chi connectivity index (χ2n) is 4.29. The molecular weight excluding hydrogens is 272 g/mol. The number of halogens is 1. The second kappa shape index (κ2) is 4.95. The minimum atomic E-state index is 0.671. The maximum Gasteiger partial charge on any atom is 0.0701 e. The normalized spacial score (nSPS) is 24.6. The van der Waals surface area contributed by atoms with E-state index in [2.05, 4.69) is 51.8 Å². The van der Waals surface area contributed by atoms with Gasteiger partial charge in [-0.05, 0) is 42.0 Å². The molecule has 15 heavy (non-hydrogen) atoms. The molecule has 0 amide bonds. The SMILES string of the molecule is CC1CN(C)CCN1Cc1ccc(Br)s1. The number of piperazine rings is 1. The lowest BCUT2D eigenvalue weighted by molar-refractivity contribution is 0.0947. The van der Waals surface area contributed by atoms with Gasteiger partial charge in [0.05, 0.1) is 3.79 Å². The van der Waals surface area contributed by atoms with Crippen LogP contribution in [-0.2, 0) is 6.54 Å². The highest BCUT2D eigenvalue weighted by Gasteiger charge is 2.21. The molecule has 0 radical (unpaired) electrons. The van der Waals surface area contributed by atoms with Gasteiger partial charge in [0.25, 0.3) is 0 Å². The average molecular weight is 289 g/mol. The van der Waals surface area contributed by atoms with Crippen LogP contribution in [0.3, 0.4) is 0 Å². The highest BCUT2D eigenvalue weighted by molar-refractivity contribution is 9.11. The van der Waals surface area contributed by atoms with Crippen molar-refractivity contribution in [1.82, 2.24) is 9.80 Å². The smallest absolute Gasteiger partial charge is 0.0701 e. The largest absolute Gasteiger partial charge is 0.304 e. The van der Waals surface area contributed by atoms with E-state index in [0.717, 1.165) is 6.54 Å². The van der Waals surface area contributed by atoms with Gasteiger partial charge in [-0.25, -0.2) is 0 Å². The molecular formula is C11H17BrN2S. The van der Waals surface area contributed by atoms with E-state index in [1.54, 1.807) is 0 Å². The zero-order valence-electron chi connectivity index (χ0n) is 9.24. The van der Waals surface area contributed by atoms with Crippen LogP contribution < -0.4 is 0 Å². The first-order chi connectivity index (χ1) is 7.15. The zero-order chi connectivity index (χ0) is 10.8. The fourth-order valence-corrected chi connectivity index (χ4v) is 3.56. The number of thiophene rings is 1. The van der Waals surface area contributed by atoms with Crippen LogP contribution >= 0.6 is 27.3 Å². The Morgan fingerprint density at radius 2 is 2.27 bits per heavy atom. The molecule has 1 saturated heterocycles. The number of hydrogen-bond donors (Lipinski definition) is 0. The molecule has 0 saturated carbocycles. The highest BCUT2D eigenvalue weighted by atomic mass is 79.9. The van der Waals surface area contributed by atoms with Crippen LogP contribution in [0.4, 0.5) is 0 Å². The monoisotopic (exact) mass is 288 g/mol. The molecule has 2 heterocycles. The van der Waals surface area contributed by atoms with E-state index >= 15 is 0 Å². The van der Waals surface area contributed by atoms with E-state index in [9.17, 15) is 0 Å². The van der Waals surface area contributed by atoms with Crippen molar-refractivity contribution < 1.29 is 0 Å². The van der Waals surface area contributed by atoms with Crippen molar-refractivity contribution in [2.24, 2.45) is 0 Å². The van der Waals surface area contributed by atoms with Crippen molar-refractivity contribution >= 4 is 27.3 Å². The lowest BCUT2D eigenvalue weighted by atomic mass is 10.2. The summed E-state index contributed by atoms with van der Waals surface area (Å²) in [7, 11) is 2.20. The first-order valence-corrected chi connectivity index (χ1v) is 6.93. The topological polar surface area (TPSA) is 6.48 Å². The Morgan fingerprint density at radius 1 is 1.47 bits per heavy atom. The van der Waals surface area contributed by atoms with Gasteiger partial charge in [-0.3, -0.25) is 4.90 Å². The minimum absolute atomic E-state index is 0.671. The van der Waals surface area contributed by atoms with Gasteiger partial charge in [-0.2, -0.15) is 0 Å². The summed E-state index contributed by atoms with van der Waals surface area (Å²) in [5, 5.41) is 0. The van der Waals surface area contributed by atoms with E-state index in [0.29, 0.717) is 6.04 Å². The number of likely N-dealkylation sites (N-methyl/N-ethyl adjacent to an activating group) is 1. The number of rotatable bonds is 2. The maximum absolute atomic E-state index is 3.51. The Labute approximate surface area is 104 Å². The van der Waals surface area contributed by atoms with E-state index in [1.807, 2.05) is 11.3 Å². The molecule has 1 atom stereocenters. The van der Waals surface area contributed by atoms with Gasteiger partial charge in [-0.1, -0.05) is 0 Å². The molecule has 0 aromatic carbocycles. The van der Waals surface area contributed by atoms with Crippen LogP contribution in [0.2, 0.25) is 0 Å². The quantitative estimate of drug-likeness (QED) is 0.826. The predicted molar refractivity (Wildman–Crippen MR) is 69.4 cm³/mol. The van der Waals surface area contributed by atoms with Gasteiger partial charge < -0.3 is 4.90 Å². The summed E-state index contributed by atoms with van der Waals surface area (Å²) in [5.74, 6) is 0. The van der Waals surface area contributed by atoms with Crippen molar-refractivity contribution in [2.75, 3.05) is 26.7 Å². The molecule has 1 fully saturated rings. The first kappa shape index (κ1) is 11.6. The summed E-state index contributed by atoms with van der Waals surface area (Å²) in [6.07, 6.45) is 0. The molecule has 0 spiro atoms. The van der Waals surface area contributed by atoms with Gasteiger partial charge >= 0.3 is 0 Å². The van der Waals surface area contributed by atoms with E-state index in [1.165, 1.54) is 28.3 Å². The predicted octanol–water partition coefficient (Wildman–Crippen LogP) is 2.65. The molecule has 1 aliphatic heterocycles. The molecule has 84 valence electrons. The summed E-state index contributed by atoms with van der Waals surface area (Å²) in [4.78, 5) is 6.43. The van der Waals surface area contributed by atoms with Crippen molar-refractivity contribution in [2.45, 2.75) is 19.5 Å². The molecule has 1 unspecified atom stereocenters. The lowest BCUT2D eigenvalue weighted by Crippen LogP contribution is -2.49. The summed E-state index contributed by atoms with van der Waals surface area (Å²) in [5.41, 5.74) is 0. The van der Waals surface area contributed by atoms with Crippen molar-refractivity contribution in [1.29, 1.82) is 0 Å². The maximum atomic E-state index is 3.51. The van der Waals surface area contributed by atoms with Gasteiger partial charge in [0.1, 0.15) is 0 Å². The molecule has 2 rings (SSSR count). The van der Waals surface area contributed by atoms with Crippen molar-refractivity contribution in [3.05, 3.63) is 20.8 Å². The molecule has 0 N–H and O–H groups in total. The Balaban J connectivity index is 1.94. The Hall–Kier alpha value is 0.1000. The van der Waals surface area contributed by atoms with E-state index in [4.69, 9.17) is 0 Å². The molecule has 2 nitrogen and oxygen atoms in total. The fraction of sp³-hybridized carbons (Fsp3) is 0.636. The summed E-state index contributed by atoms with van der Waals surface area (Å²) >= 11 is 5.36. The summed E-state index contributed by atoms with van der Waals surface area (Å²) in [6, 6.07) is 5.03. The lowest BCUT2D eigenvalue weighted by Gasteiger charge is -2.37. The van der Waals surface area contributed by atoms with Crippen molar-refractivity contribution in [3.63, 3.8) is 0 Å². The molecule has 1 aromatic rings. The van der Waals surface area contributed by atoms with Crippen LogP contribution in [0, 0.1) is 0 Å². The summed E-state index contributed by atoms with van der Waals surface area (Å²) in [6.45, 7) is 6.99. The van der Waals surface area contributed by atoms with Gasteiger partial charge in [0, 0.05) is 37.1 Å².